The van der Waals surface area contributed by atoms with Crippen molar-refractivity contribution >= 4 is 7.82 Å². The Kier molecular flexibility index (Phi) is 4.55. The van der Waals surface area contributed by atoms with Gasteiger partial charge in [-0.2, -0.15) is 0 Å². The SMILES string of the molecule is CCC(C)(C)C(N)COP(=O)(O)O. The number of phosphoric ester groups is 1. The van der Waals surface area contributed by atoms with Gasteiger partial charge < -0.3 is 15.5 Å². The van der Waals surface area contributed by atoms with Crippen molar-refractivity contribution in [1.29, 1.82) is 0 Å². The largest absolute Gasteiger partial charge is 0.469 e. The Balaban J connectivity index is 4.02. The Hall–Kier alpha value is 0.0700. The topological polar surface area (TPSA) is 92.8 Å². The van der Waals surface area contributed by atoms with Gasteiger partial charge in [-0.25, -0.2) is 4.57 Å². The van der Waals surface area contributed by atoms with Gasteiger partial charge in [-0.3, -0.25) is 4.52 Å². The number of rotatable bonds is 5. The van der Waals surface area contributed by atoms with E-state index in [1.165, 1.54) is 0 Å². The van der Waals surface area contributed by atoms with Gasteiger partial charge in [-0.1, -0.05) is 20.8 Å². The van der Waals surface area contributed by atoms with Crippen LogP contribution in [0, 0.1) is 5.41 Å². The summed E-state index contributed by atoms with van der Waals surface area (Å²) in [5.41, 5.74) is 5.53. The summed E-state index contributed by atoms with van der Waals surface area (Å²) in [6.07, 6.45) is 0.832. The van der Waals surface area contributed by atoms with Gasteiger partial charge in [0.1, 0.15) is 0 Å². The van der Waals surface area contributed by atoms with Crippen LogP contribution in [0.1, 0.15) is 27.2 Å². The Bertz CT molecular complexity index is 201. The van der Waals surface area contributed by atoms with Crippen LogP contribution in [0.25, 0.3) is 0 Å². The first-order valence-electron chi connectivity index (χ1n) is 4.14. The minimum absolute atomic E-state index is 0.120. The molecular formula is C7H18NO4P. The molecule has 5 nitrogen and oxygen atoms in total. The van der Waals surface area contributed by atoms with Crippen LogP contribution in [0.3, 0.4) is 0 Å². The number of phosphoric acid groups is 1. The molecule has 1 atom stereocenters. The van der Waals surface area contributed by atoms with E-state index in [-0.39, 0.29) is 18.1 Å². The highest BCUT2D eigenvalue weighted by molar-refractivity contribution is 7.46. The first-order valence-corrected chi connectivity index (χ1v) is 5.68. The van der Waals surface area contributed by atoms with E-state index in [9.17, 15) is 4.57 Å². The Morgan fingerprint density at radius 3 is 2.31 bits per heavy atom. The maximum Gasteiger partial charge on any atom is 0.469 e. The van der Waals surface area contributed by atoms with E-state index in [0.717, 1.165) is 6.42 Å². The number of nitrogens with two attached hydrogens (primary N) is 1. The summed E-state index contributed by atoms with van der Waals surface area (Å²) >= 11 is 0. The zero-order valence-electron chi connectivity index (χ0n) is 8.23. The molecular weight excluding hydrogens is 193 g/mol. The van der Waals surface area contributed by atoms with E-state index < -0.39 is 7.82 Å². The lowest BCUT2D eigenvalue weighted by Crippen LogP contribution is -2.40. The highest BCUT2D eigenvalue weighted by atomic mass is 31.2. The molecule has 0 aromatic rings. The molecule has 6 heteroatoms. The molecule has 0 bridgehead atoms. The summed E-state index contributed by atoms with van der Waals surface area (Å²) in [6.45, 7) is 5.71. The molecule has 1 unspecified atom stereocenters. The van der Waals surface area contributed by atoms with E-state index in [1.54, 1.807) is 0 Å². The summed E-state index contributed by atoms with van der Waals surface area (Å²) in [6, 6.07) is -0.370. The van der Waals surface area contributed by atoms with Crippen LogP contribution in [-0.4, -0.2) is 22.4 Å². The van der Waals surface area contributed by atoms with Gasteiger partial charge in [0.15, 0.2) is 0 Å². The molecule has 0 rings (SSSR count). The van der Waals surface area contributed by atoms with Crippen molar-refractivity contribution in [3.8, 4) is 0 Å². The van der Waals surface area contributed by atoms with Gasteiger partial charge in [-0.05, 0) is 11.8 Å². The smallest absolute Gasteiger partial charge is 0.325 e. The first kappa shape index (κ1) is 13.1. The molecule has 80 valence electrons. The summed E-state index contributed by atoms with van der Waals surface area (Å²) in [5, 5.41) is 0. The maximum atomic E-state index is 10.4. The zero-order chi connectivity index (χ0) is 10.7. The van der Waals surface area contributed by atoms with Crippen molar-refractivity contribution in [2.24, 2.45) is 11.1 Å². The van der Waals surface area contributed by atoms with Gasteiger partial charge >= 0.3 is 7.82 Å². The van der Waals surface area contributed by atoms with Gasteiger partial charge in [0.2, 0.25) is 0 Å². The van der Waals surface area contributed by atoms with Crippen molar-refractivity contribution in [3.63, 3.8) is 0 Å². The van der Waals surface area contributed by atoms with Crippen molar-refractivity contribution in [2.75, 3.05) is 6.61 Å². The summed E-state index contributed by atoms with van der Waals surface area (Å²) in [5.74, 6) is 0. The molecule has 0 fully saturated rings. The van der Waals surface area contributed by atoms with Gasteiger partial charge in [0.25, 0.3) is 0 Å². The predicted molar refractivity (Wildman–Crippen MR) is 50.0 cm³/mol. The van der Waals surface area contributed by atoms with E-state index in [2.05, 4.69) is 4.52 Å². The highest BCUT2D eigenvalue weighted by Crippen LogP contribution is 2.37. The monoisotopic (exact) mass is 211 g/mol. The fraction of sp³-hybridized carbons (Fsp3) is 1.00. The molecule has 0 aromatic carbocycles. The lowest BCUT2D eigenvalue weighted by molar-refractivity contribution is 0.142. The fourth-order valence-corrected chi connectivity index (χ4v) is 1.02. The van der Waals surface area contributed by atoms with Crippen molar-refractivity contribution in [2.45, 2.75) is 33.2 Å². The molecule has 0 amide bonds. The van der Waals surface area contributed by atoms with Crippen LogP contribution >= 0.6 is 7.82 Å². The normalized spacial score (nSPS) is 15.8. The van der Waals surface area contributed by atoms with Crippen LogP contribution in [-0.2, 0) is 9.09 Å². The van der Waals surface area contributed by atoms with Gasteiger partial charge in [0.05, 0.1) is 6.61 Å². The third kappa shape index (κ3) is 5.39. The first-order chi connectivity index (χ1) is 5.69. The predicted octanol–water partition coefficient (Wildman–Crippen LogP) is 0.859. The van der Waals surface area contributed by atoms with E-state index >= 15 is 0 Å². The Labute approximate surface area is 78.5 Å². The molecule has 0 aliphatic carbocycles. The van der Waals surface area contributed by atoms with Crippen molar-refractivity contribution < 1.29 is 18.9 Å². The molecule has 0 aliphatic rings. The van der Waals surface area contributed by atoms with Gasteiger partial charge in [-0.15, -0.1) is 0 Å². The number of hydrogen-bond acceptors (Lipinski definition) is 3. The zero-order valence-corrected chi connectivity index (χ0v) is 9.12. The minimum Gasteiger partial charge on any atom is -0.325 e. The number of hydrogen-bond donors (Lipinski definition) is 3. The molecule has 0 aromatic heterocycles. The van der Waals surface area contributed by atoms with Crippen LogP contribution in [0.4, 0.5) is 0 Å². The fourth-order valence-electron chi connectivity index (χ4n) is 0.665. The van der Waals surface area contributed by atoms with Crippen molar-refractivity contribution in [1.82, 2.24) is 0 Å². The molecule has 0 spiro atoms. The van der Waals surface area contributed by atoms with Crippen LogP contribution < -0.4 is 5.73 Å². The molecule has 0 aliphatic heterocycles. The second-order valence-electron chi connectivity index (χ2n) is 3.73. The molecule has 0 heterocycles. The molecule has 0 saturated heterocycles. The summed E-state index contributed by atoms with van der Waals surface area (Å²) in [4.78, 5) is 16.9. The van der Waals surface area contributed by atoms with E-state index in [1.807, 2.05) is 20.8 Å². The second-order valence-corrected chi connectivity index (χ2v) is 4.97. The molecule has 4 N–H and O–H groups in total. The van der Waals surface area contributed by atoms with Crippen LogP contribution in [0.5, 0.6) is 0 Å². The summed E-state index contributed by atoms with van der Waals surface area (Å²) < 4.78 is 14.7. The quantitative estimate of drug-likeness (QED) is 0.586. The lowest BCUT2D eigenvalue weighted by atomic mass is 9.83. The summed E-state index contributed by atoms with van der Waals surface area (Å²) in [7, 11) is -4.38. The van der Waals surface area contributed by atoms with Gasteiger partial charge in [0, 0.05) is 6.04 Å². The Morgan fingerprint density at radius 2 is 2.00 bits per heavy atom. The average molecular weight is 211 g/mol. The third-order valence-corrected chi connectivity index (χ3v) is 2.82. The highest BCUT2D eigenvalue weighted by Gasteiger charge is 2.27. The third-order valence-electron chi connectivity index (χ3n) is 2.34. The van der Waals surface area contributed by atoms with Crippen LogP contribution in [0.2, 0.25) is 0 Å². The Morgan fingerprint density at radius 1 is 1.54 bits per heavy atom. The average Bonchev–Trinajstić information content (AvgIpc) is 1.98. The van der Waals surface area contributed by atoms with E-state index in [0.29, 0.717) is 0 Å². The van der Waals surface area contributed by atoms with E-state index in [4.69, 9.17) is 15.5 Å². The molecule has 0 saturated carbocycles. The molecule has 0 radical (unpaired) electrons. The van der Waals surface area contributed by atoms with Crippen LogP contribution in [0.15, 0.2) is 0 Å². The minimum atomic E-state index is -4.38. The second kappa shape index (κ2) is 4.53. The molecule has 13 heavy (non-hydrogen) atoms. The van der Waals surface area contributed by atoms with Crippen molar-refractivity contribution in [3.05, 3.63) is 0 Å². The standard InChI is InChI=1S/C7H18NO4P/c1-4-7(2,3)6(8)5-12-13(9,10)11/h6H,4-5,8H2,1-3H3,(H2,9,10,11). The lowest BCUT2D eigenvalue weighted by Gasteiger charge is -2.29. The maximum absolute atomic E-state index is 10.4.